The van der Waals surface area contributed by atoms with E-state index >= 15 is 0 Å². The Morgan fingerprint density at radius 1 is 0.692 bits per heavy atom. The van der Waals surface area contributed by atoms with Gasteiger partial charge in [0.15, 0.2) is 5.78 Å². The molecule has 0 saturated carbocycles. The summed E-state index contributed by atoms with van der Waals surface area (Å²) in [6, 6.07) is 32.7. The van der Waals surface area contributed by atoms with Crippen LogP contribution in [0.1, 0.15) is 31.1 Å². The van der Waals surface area contributed by atoms with E-state index in [1.807, 2.05) is 48.5 Å². The Hall–Kier alpha value is -2.45. The fraction of sp³-hybridized carbons (Fsp3) is 0.167. The van der Waals surface area contributed by atoms with Gasteiger partial charge in [-0.25, -0.2) is 0 Å². The number of Topliss-reactive ketones (excluding diaryl/α,β-unsaturated/α-hetero) is 1. The van der Waals surface area contributed by atoms with Crippen LogP contribution in [0.4, 0.5) is 0 Å². The van der Waals surface area contributed by atoms with Crippen LogP contribution in [-0.2, 0) is 0 Å². The standard InChI is InChI=1S/C24H25OSi/c1-24(2,3)26(21-15-9-5-10-16-21,22-17-11-6-12-18-22)19-23(25)20-13-7-4-8-14-20/h4-19H,1-3H3. The third kappa shape index (κ3) is 3.42. The van der Waals surface area contributed by atoms with Crippen molar-refractivity contribution in [2.24, 2.45) is 0 Å². The molecular formula is C24H25OSi. The summed E-state index contributed by atoms with van der Waals surface area (Å²) in [5, 5.41) is 2.48. The van der Waals surface area contributed by atoms with E-state index in [9.17, 15) is 4.79 Å². The minimum absolute atomic E-state index is 0.0554. The number of rotatable bonds is 5. The predicted octanol–water partition coefficient (Wildman–Crippen LogP) is 4.68. The first-order chi connectivity index (χ1) is 12.4. The number of carbonyl (C=O) groups is 1. The molecule has 0 aliphatic carbocycles. The van der Waals surface area contributed by atoms with Gasteiger partial charge in [-0.3, -0.25) is 4.79 Å². The molecule has 26 heavy (non-hydrogen) atoms. The second kappa shape index (κ2) is 7.43. The molecule has 2 heteroatoms. The highest BCUT2D eigenvalue weighted by Gasteiger charge is 2.49. The van der Waals surface area contributed by atoms with Crippen molar-refractivity contribution >= 4 is 24.2 Å². The van der Waals surface area contributed by atoms with Crippen LogP contribution in [0.15, 0.2) is 91.0 Å². The van der Waals surface area contributed by atoms with Gasteiger partial charge in [0.1, 0.15) is 8.07 Å². The van der Waals surface area contributed by atoms with E-state index in [2.05, 4.69) is 69.3 Å². The minimum Gasteiger partial charge on any atom is -0.294 e. The maximum atomic E-state index is 13.2. The number of hydrogen-bond acceptors (Lipinski definition) is 1. The van der Waals surface area contributed by atoms with Crippen molar-refractivity contribution in [3.63, 3.8) is 0 Å². The SMILES string of the molecule is CC(C)(C)[Si]([CH]C(=O)c1ccccc1)(c1ccccc1)c1ccccc1. The molecule has 0 aromatic heterocycles. The van der Waals surface area contributed by atoms with Gasteiger partial charge in [0.25, 0.3) is 0 Å². The van der Waals surface area contributed by atoms with Crippen LogP contribution in [0.3, 0.4) is 0 Å². The van der Waals surface area contributed by atoms with Gasteiger partial charge < -0.3 is 0 Å². The van der Waals surface area contributed by atoms with Crippen molar-refractivity contribution < 1.29 is 4.79 Å². The molecule has 0 N–H and O–H groups in total. The Bertz CT molecular complexity index is 809. The first kappa shape index (κ1) is 18.3. The van der Waals surface area contributed by atoms with Gasteiger partial charge in [0, 0.05) is 11.6 Å². The topological polar surface area (TPSA) is 17.1 Å². The monoisotopic (exact) mass is 357 g/mol. The van der Waals surface area contributed by atoms with E-state index in [1.54, 1.807) is 0 Å². The second-order valence-electron chi connectivity index (χ2n) is 7.66. The maximum Gasteiger partial charge on any atom is 0.164 e. The number of ketones is 1. The fourth-order valence-corrected chi connectivity index (χ4v) is 8.53. The van der Waals surface area contributed by atoms with Crippen molar-refractivity contribution in [1.29, 1.82) is 0 Å². The van der Waals surface area contributed by atoms with Crippen LogP contribution < -0.4 is 10.4 Å². The zero-order valence-corrected chi connectivity index (χ0v) is 16.6. The Balaban J connectivity index is 2.19. The predicted molar refractivity (Wildman–Crippen MR) is 113 cm³/mol. The van der Waals surface area contributed by atoms with E-state index in [-0.39, 0.29) is 10.8 Å². The highest BCUT2D eigenvalue weighted by molar-refractivity contribution is 7.08. The average Bonchev–Trinajstić information content (AvgIpc) is 2.67. The third-order valence-corrected chi connectivity index (χ3v) is 10.6. The van der Waals surface area contributed by atoms with E-state index in [0.717, 1.165) is 5.56 Å². The lowest BCUT2D eigenvalue weighted by Crippen LogP contribution is -2.66. The van der Waals surface area contributed by atoms with Crippen molar-refractivity contribution in [1.82, 2.24) is 0 Å². The lowest BCUT2D eigenvalue weighted by Gasteiger charge is -2.43. The van der Waals surface area contributed by atoms with Gasteiger partial charge in [-0.05, 0) is 5.04 Å². The molecule has 0 amide bonds. The van der Waals surface area contributed by atoms with Gasteiger partial charge in [-0.2, -0.15) is 0 Å². The van der Waals surface area contributed by atoms with E-state index < -0.39 is 8.07 Å². The van der Waals surface area contributed by atoms with Crippen LogP contribution in [0.5, 0.6) is 0 Å². The first-order valence-corrected chi connectivity index (χ1v) is 11.1. The van der Waals surface area contributed by atoms with E-state index in [1.165, 1.54) is 10.4 Å². The molecule has 0 aliphatic heterocycles. The van der Waals surface area contributed by atoms with Crippen molar-refractivity contribution in [2.75, 3.05) is 0 Å². The Labute approximate surface area is 157 Å². The summed E-state index contributed by atoms with van der Waals surface area (Å²) in [6.45, 7) is 6.77. The number of carbonyl (C=O) groups excluding carboxylic acids is 1. The highest BCUT2D eigenvalue weighted by atomic mass is 28.3. The normalized spacial score (nSPS) is 12.0. The van der Waals surface area contributed by atoms with Crippen molar-refractivity contribution in [2.45, 2.75) is 25.8 Å². The van der Waals surface area contributed by atoms with Crippen LogP contribution >= 0.6 is 0 Å². The van der Waals surface area contributed by atoms with Gasteiger partial charge in [-0.15, -0.1) is 0 Å². The lowest BCUT2D eigenvalue weighted by molar-refractivity contribution is 0.103. The zero-order valence-electron chi connectivity index (χ0n) is 15.6. The summed E-state index contributed by atoms with van der Waals surface area (Å²) >= 11 is 0. The molecule has 0 saturated heterocycles. The molecule has 3 aromatic rings. The average molecular weight is 358 g/mol. The molecule has 0 aliphatic rings. The molecule has 0 atom stereocenters. The van der Waals surface area contributed by atoms with Crippen LogP contribution in [0.25, 0.3) is 0 Å². The molecule has 3 rings (SSSR count). The summed E-state index contributed by atoms with van der Waals surface area (Å²) in [4.78, 5) is 13.2. The first-order valence-electron chi connectivity index (χ1n) is 9.01. The van der Waals surface area contributed by atoms with Gasteiger partial charge in [0.05, 0.1) is 0 Å². The van der Waals surface area contributed by atoms with Gasteiger partial charge in [0.2, 0.25) is 0 Å². The quantitative estimate of drug-likeness (QED) is 0.479. The van der Waals surface area contributed by atoms with Crippen molar-refractivity contribution in [3.05, 3.63) is 103 Å². The molecule has 0 heterocycles. The maximum absolute atomic E-state index is 13.2. The molecular weight excluding hydrogens is 332 g/mol. The summed E-state index contributed by atoms with van der Waals surface area (Å²) < 4.78 is 0. The largest absolute Gasteiger partial charge is 0.294 e. The molecule has 1 nitrogen and oxygen atoms in total. The second-order valence-corrected chi connectivity index (χ2v) is 12.2. The third-order valence-electron chi connectivity index (χ3n) is 5.05. The summed E-state index contributed by atoms with van der Waals surface area (Å²) in [5.74, 6) is 0.111. The summed E-state index contributed by atoms with van der Waals surface area (Å²) in [7, 11) is -2.47. The van der Waals surface area contributed by atoms with Crippen LogP contribution in [0, 0.1) is 6.04 Å². The summed E-state index contributed by atoms with van der Waals surface area (Å²) in [6.07, 6.45) is 0. The Morgan fingerprint density at radius 3 is 1.46 bits per heavy atom. The van der Waals surface area contributed by atoms with E-state index in [0.29, 0.717) is 0 Å². The van der Waals surface area contributed by atoms with Gasteiger partial charge >= 0.3 is 0 Å². The van der Waals surface area contributed by atoms with Crippen LogP contribution in [-0.4, -0.2) is 13.9 Å². The van der Waals surface area contributed by atoms with Crippen LogP contribution in [0.2, 0.25) is 5.04 Å². The summed E-state index contributed by atoms with van der Waals surface area (Å²) in [5.41, 5.74) is 0.750. The Kier molecular flexibility index (Phi) is 5.24. The van der Waals surface area contributed by atoms with Crippen molar-refractivity contribution in [3.8, 4) is 0 Å². The molecule has 1 radical (unpaired) electrons. The minimum atomic E-state index is -2.47. The molecule has 0 fully saturated rings. The molecule has 0 unspecified atom stereocenters. The highest BCUT2D eigenvalue weighted by Crippen LogP contribution is 2.38. The van der Waals surface area contributed by atoms with Gasteiger partial charge in [-0.1, -0.05) is 122 Å². The number of benzene rings is 3. The smallest absolute Gasteiger partial charge is 0.164 e. The fourth-order valence-electron chi connectivity index (χ4n) is 3.70. The molecule has 0 spiro atoms. The molecule has 0 bridgehead atoms. The molecule has 131 valence electrons. The Morgan fingerprint density at radius 2 is 1.08 bits per heavy atom. The zero-order chi connectivity index (χ0) is 18.6. The number of hydrogen-bond donors (Lipinski definition) is 0. The lowest BCUT2D eigenvalue weighted by atomic mass is 10.1. The molecule has 3 aromatic carbocycles. The van der Waals surface area contributed by atoms with E-state index in [4.69, 9.17) is 0 Å².